The Morgan fingerprint density at radius 1 is 1.41 bits per heavy atom. The summed E-state index contributed by atoms with van der Waals surface area (Å²) in [7, 11) is 0. The van der Waals surface area contributed by atoms with Crippen LogP contribution in [0.15, 0.2) is 28.7 Å². The molecule has 17 heavy (non-hydrogen) atoms. The fourth-order valence-corrected chi connectivity index (χ4v) is 2.48. The molecule has 1 N–H and O–H groups in total. The van der Waals surface area contributed by atoms with Crippen LogP contribution in [-0.2, 0) is 0 Å². The monoisotopic (exact) mass is 299 g/mol. The van der Waals surface area contributed by atoms with Crippen LogP contribution in [0.1, 0.15) is 12.8 Å². The van der Waals surface area contributed by atoms with E-state index in [1.165, 1.54) is 0 Å². The van der Waals surface area contributed by atoms with Crippen molar-refractivity contribution < 1.29 is 9.84 Å². The molecule has 0 aliphatic carbocycles. The van der Waals surface area contributed by atoms with Gasteiger partial charge in [-0.3, -0.25) is 4.90 Å². The highest BCUT2D eigenvalue weighted by atomic mass is 79.9. The summed E-state index contributed by atoms with van der Waals surface area (Å²) in [5.41, 5.74) is 0. The molecule has 1 unspecified atom stereocenters. The normalized spacial score (nSPS) is 21.4. The summed E-state index contributed by atoms with van der Waals surface area (Å²) in [5, 5.41) is 9.55. The topological polar surface area (TPSA) is 32.7 Å². The van der Waals surface area contributed by atoms with E-state index in [1.807, 2.05) is 24.3 Å². The molecule has 0 spiro atoms. The van der Waals surface area contributed by atoms with Crippen LogP contribution >= 0.6 is 15.9 Å². The summed E-state index contributed by atoms with van der Waals surface area (Å²) >= 11 is 3.45. The van der Waals surface area contributed by atoms with Crippen LogP contribution in [0.3, 0.4) is 0 Å². The second-order valence-corrected chi connectivity index (χ2v) is 5.23. The Morgan fingerprint density at radius 2 is 2.24 bits per heavy atom. The average Bonchev–Trinajstić information content (AvgIpc) is 2.32. The molecule has 0 aromatic heterocycles. The van der Waals surface area contributed by atoms with E-state index in [9.17, 15) is 5.11 Å². The number of ether oxygens (including phenoxy) is 1. The number of para-hydroxylation sites is 1. The van der Waals surface area contributed by atoms with Gasteiger partial charge in [0.1, 0.15) is 12.4 Å². The van der Waals surface area contributed by atoms with E-state index in [2.05, 4.69) is 20.8 Å². The second kappa shape index (κ2) is 6.38. The minimum atomic E-state index is -0.160. The van der Waals surface area contributed by atoms with Gasteiger partial charge in [0.15, 0.2) is 0 Å². The predicted octanol–water partition coefficient (Wildman–Crippen LogP) is 2.28. The first kappa shape index (κ1) is 12.9. The SMILES string of the molecule is OC1CCCN(CCOc2ccccc2Br)C1. The van der Waals surface area contributed by atoms with Crippen molar-refractivity contribution in [2.24, 2.45) is 0 Å². The maximum atomic E-state index is 9.55. The van der Waals surface area contributed by atoms with Crippen molar-refractivity contribution in [2.75, 3.05) is 26.2 Å². The summed E-state index contributed by atoms with van der Waals surface area (Å²) < 4.78 is 6.69. The molecule has 0 radical (unpaired) electrons. The molecule has 1 fully saturated rings. The summed E-state index contributed by atoms with van der Waals surface area (Å²) in [5.74, 6) is 0.880. The smallest absolute Gasteiger partial charge is 0.133 e. The molecule has 2 rings (SSSR count). The molecule has 0 amide bonds. The highest BCUT2D eigenvalue weighted by Gasteiger charge is 2.17. The van der Waals surface area contributed by atoms with Crippen LogP contribution in [-0.4, -0.2) is 42.4 Å². The van der Waals surface area contributed by atoms with Gasteiger partial charge in [0.25, 0.3) is 0 Å². The molecule has 4 heteroatoms. The number of hydrogen-bond acceptors (Lipinski definition) is 3. The van der Waals surface area contributed by atoms with Crippen molar-refractivity contribution >= 4 is 15.9 Å². The number of benzene rings is 1. The minimum Gasteiger partial charge on any atom is -0.491 e. The van der Waals surface area contributed by atoms with Crippen molar-refractivity contribution in [1.29, 1.82) is 0 Å². The Hall–Kier alpha value is -0.580. The van der Waals surface area contributed by atoms with Crippen LogP contribution in [0.25, 0.3) is 0 Å². The zero-order valence-electron chi connectivity index (χ0n) is 9.81. The summed E-state index contributed by atoms with van der Waals surface area (Å²) in [4.78, 5) is 2.25. The van der Waals surface area contributed by atoms with E-state index in [0.717, 1.165) is 42.7 Å². The summed E-state index contributed by atoms with van der Waals surface area (Å²) in [6, 6.07) is 7.86. The predicted molar refractivity (Wildman–Crippen MR) is 71.3 cm³/mol. The van der Waals surface area contributed by atoms with Gasteiger partial charge in [-0.2, -0.15) is 0 Å². The summed E-state index contributed by atoms with van der Waals surface area (Å²) in [6.45, 7) is 3.38. The molecule has 0 saturated carbocycles. The van der Waals surface area contributed by atoms with Gasteiger partial charge < -0.3 is 9.84 Å². The van der Waals surface area contributed by atoms with E-state index in [4.69, 9.17) is 4.74 Å². The molecule has 0 bridgehead atoms. The quantitative estimate of drug-likeness (QED) is 0.926. The Kier molecular flexibility index (Phi) is 4.83. The van der Waals surface area contributed by atoms with Crippen molar-refractivity contribution in [1.82, 2.24) is 4.90 Å². The average molecular weight is 300 g/mol. The van der Waals surface area contributed by atoms with Gasteiger partial charge in [-0.25, -0.2) is 0 Å². The van der Waals surface area contributed by atoms with Crippen LogP contribution in [0, 0.1) is 0 Å². The van der Waals surface area contributed by atoms with Crippen LogP contribution in [0.4, 0.5) is 0 Å². The van der Waals surface area contributed by atoms with Crippen LogP contribution in [0.5, 0.6) is 5.75 Å². The van der Waals surface area contributed by atoms with E-state index >= 15 is 0 Å². The van der Waals surface area contributed by atoms with Crippen LogP contribution < -0.4 is 4.74 Å². The third kappa shape index (κ3) is 3.98. The van der Waals surface area contributed by atoms with Crippen molar-refractivity contribution in [2.45, 2.75) is 18.9 Å². The number of aliphatic hydroxyl groups excluding tert-OH is 1. The molecule has 1 saturated heterocycles. The maximum absolute atomic E-state index is 9.55. The Morgan fingerprint density at radius 3 is 3.00 bits per heavy atom. The lowest BCUT2D eigenvalue weighted by Crippen LogP contribution is -2.40. The molecule has 1 aromatic rings. The number of halogens is 1. The number of hydrogen-bond donors (Lipinski definition) is 1. The van der Waals surface area contributed by atoms with Crippen molar-refractivity contribution in [3.8, 4) is 5.75 Å². The molecular formula is C13H18BrNO2. The molecule has 3 nitrogen and oxygen atoms in total. The van der Waals surface area contributed by atoms with Crippen molar-refractivity contribution in [3.05, 3.63) is 28.7 Å². The highest BCUT2D eigenvalue weighted by Crippen LogP contribution is 2.23. The minimum absolute atomic E-state index is 0.160. The number of aliphatic hydroxyl groups is 1. The number of nitrogens with zero attached hydrogens (tertiary/aromatic N) is 1. The van der Waals surface area contributed by atoms with Gasteiger partial charge in [-0.1, -0.05) is 12.1 Å². The van der Waals surface area contributed by atoms with E-state index in [-0.39, 0.29) is 6.10 Å². The molecule has 1 atom stereocenters. The number of piperidine rings is 1. The van der Waals surface area contributed by atoms with Gasteiger partial charge in [-0.15, -0.1) is 0 Å². The lowest BCUT2D eigenvalue weighted by Gasteiger charge is -2.29. The first-order chi connectivity index (χ1) is 8.25. The second-order valence-electron chi connectivity index (χ2n) is 4.38. The lowest BCUT2D eigenvalue weighted by atomic mass is 10.1. The molecule has 1 aliphatic heterocycles. The Bertz CT molecular complexity index is 359. The zero-order chi connectivity index (χ0) is 12.1. The number of likely N-dealkylation sites (tertiary alicyclic amines) is 1. The summed E-state index contributed by atoms with van der Waals surface area (Å²) in [6.07, 6.45) is 1.85. The highest BCUT2D eigenvalue weighted by molar-refractivity contribution is 9.10. The first-order valence-corrected chi connectivity index (χ1v) is 6.83. The Labute approximate surface area is 111 Å². The van der Waals surface area contributed by atoms with Gasteiger partial charge in [0.05, 0.1) is 10.6 Å². The molecule has 1 aromatic carbocycles. The van der Waals surface area contributed by atoms with E-state index < -0.39 is 0 Å². The zero-order valence-corrected chi connectivity index (χ0v) is 11.4. The third-order valence-electron chi connectivity index (χ3n) is 2.98. The first-order valence-electron chi connectivity index (χ1n) is 6.03. The van der Waals surface area contributed by atoms with Gasteiger partial charge in [-0.05, 0) is 47.4 Å². The maximum Gasteiger partial charge on any atom is 0.133 e. The standard InChI is InChI=1S/C13H18BrNO2/c14-12-5-1-2-6-13(12)17-9-8-15-7-3-4-11(16)10-15/h1-2,5-6,11,16H,3-4,7-10H2. The lowest BCUT2D eigenvalue weighted by molar-refractivity contribution is 0.0632. The molecule has 1 heterocycles. The molecule has 94 valence electrons. The fraction of sp³-hybridized carbons (Fsp3) is 0.538. The number of rotatable bonds is 4. The van der Waals surface area contributed by atoms with Crippen LogP contribution in [0.2, 0.25) is 0 Å². The fourth-order valence-electron chi connectivity index (χ4n) is 2.08. The van der Waals surface area contributed by atoms with E-state index in [1.54, 1.807) is 0 Å². The molecular weight excluding hydrogens is 282 g/mol. The third-order valence-corrected chi connectivity index (χ3v) is 3.64. The molecule has 1 aliphatic rings. The Balaban J connectivity index is 1.74. The van der Waals surface area contributed by atoms with Gasteiger partial charge in [0, 0.05) is 13.1 Å². The number of β-amino-alcohol motifs (C(OH)–C–C–N with tert-alkyl or cyclic N) is 1. The van der Waals surface area contributed by atoms with Gasteiger partial charge in [0.2, 0.25) is 0 Å². The van der Waals surface area contributed by atoms with E-state index in [0.29, 0.717) is 6.61 Å². The van der Waals surface area contributed by atoms with Gasteiger partial charge >= 0.3 is 0 Å². The largest absolute Gasteiger partial charge is 0.491 e. The van der Waals surface area contributed by atoms with Crippen molar-refractivity contribution in [3.63, 3.8) is 0 Å².